The zero-order valence-electron chi connectivity index (χ0n) is 13.9. The van der Waals surface area contributed by atoms with Gasteiger partial charge in [-0.2, -0.15) is 0 Å². The standard InChI is InChI=1S/C17H19N3O2S2/c1-19(2)9-10-20(16(21)12-6-5-11-22-12)17-18-15-13(23-3)7-4-8-14(15)24-17/h4-8,11H,9-10H2,1-3H3. The number of thioether (sulfide) groups is 1. The van der Waals surface area contributed by atoms with E-state index in [1.54, 1.807) is 28.8 Å². The summed E-state index contributed by atoms with van der Waals surface area (Å²) in [4.78, 5) is 22.4. The van der Waals surface area contributed by atoms with Gasteiger partial charge in [0, 0.05) is 18.0 Å². The molecule has 1 aromatic carbocycles. The third kappa shape index (κ3) is 3.48. The molecule has 0 unspecified atom stereocenters. The highest BCUT2D eigenvalue weighted by molar-refractivity contribution is 7.98. The molecule has 2 heterocycles. The molecular formula is C17H19N3O2S2. The van der Waals surface area contributed by atoms with Gasteiger partial charge in [-0.15, -0.1) is 11.8 Å². The molecular weight excluding hydrogens is 342 g/mol. The second-order valence-electron chi connectivity index (χ2n) is 5.54. The molecule has 3 rings (SSSR count). The van der Waals surface area contributed by atoms with Crippen LogP contribution >= 0.6 is 23.1 Å². The lowest BCUT2D eigenvalue weighted by molar-refractivity contribution is 0.0958. The van der Waals surface area contributed by atoms with Crippen LogP contribution in [0.1, 0.15) is 10.6 Å². The van der Waals surface area contributed by atoms with Crippen LogP contribution in [0.4, 0.5) is 5.13 Å². The van der Waals surface area contributed by atoms with Crippen LogP contribution in [0.3, 0.4) is 0 Å². The van der Waals surface area contributed by atoms with E-state index in [-0.39, 0.29) is 5.91 Å². The average Bonchev–Trinajstić information content (AvgIpc) is 3.23. The summed E-state index contributed by atoms with van der Waals surface area (Å²) in [5.74, 6) is 0.171. The number of hydrogen-bond donors (Lipinski definition) is 0. The summed E-state index contributed by atoms with van der Waals surface area (Å²) in [7, 11) is 3.97. The SMILES string of the molecule is CSc1cccc2sc(N(CCN(C)C)C(=O)c3ccco3)nc12. The van der Waals surface area contributed by atoms with Gasteiger partial charge in [-0.3, -0.25) is 9.69 Å². The number of thiazole rings is 1. The van der Waals surface area contributed by atoms with Crippen molar-refractivity contribution in [3.8, 4) is 0 Å². The predicted molar refractivity (Wildman–Crippen MR) is 100 cm³/mol. The zero-order valence-corrected chi connectivity index (χ0v) is 15.5. The summed E-state index contributed by atoms with van der Waals surface area (Å²) in [5, 5.41) is 0.703. The Labute approximate surface area is 149 Å². The molecule has 0 spiro atoms. The van der Waals surface area contributed by atoms with Crippen molar-refractivity contribution in [3.63, 3.8) is 0 Å². The molecule has 0 bridgehead atoms. The van der Waals surface area contributed by atoms with Crippen molar-refractivity contribution in [2.75, 3.05) is 38.3 Å². The number of para-hydroxylation sites is 1. The summed E-state index contributed by atoms with van der Waals surface area (Å²) in [6, 6.07) is 9.52. The Bertz CT molecular complexity index is 828. The zero-order chi connectivity index (χ0) is 17.1. The van der Waals surface area contributed by atoms with Crippen LogP contribution in [-0.4, -0.2) is 49.2 Å². The first kappa shape index (κ1) is 17.0. The first-order valence-electron chi connectivity index (χ1n) is 7.54. The summed E-state index contributed by atoms with van der Waals surface area (Å²) in [6.45, 7) is 1.30. The van der Waals surface area contributed by atoms with Gasteiger partial charge in [0.1, 0.15) is 0 Å². The number of amides is 1. The number of carbonyl (C=O) groups is 1. The number of hydrogen-bond acceptors (Lipinski definition) is 6. The minimum atomic E-state index is -0.161. The monoisotopic (exact) mass is 361 g/mol. The normalized spacial score (nSPS) is 11.3. The highest BCUT2D eigenvalue weighted by Gasteiger charge is 2.23. The molecule has 0 aliphatic carbocycles. The number of likely N-dealkylation sites (N-methyl/N-ethyl adjacent to an activating group) is 1. The van der Waals surface area contributed by atoms with E-state index in [1.165, 1.54) is 17.6 Å². The molecule has 0 aliphatic rings. The van der Waals surface area contributed by atoms with E-state index in [4.69, 9.17) is 9.40 Å². The fraction of sp³-hybridized carbons (Fsp3) is 0.294. The van der Waals surface area contributed by atoms with Gasteiger partial charge >= 0.3 is 0 Å². The Morgan fingerprint density at radius 1 is 1.25 bits per heavy atom. The Balaban J connectivity index is 2.00. The van der Waals surface area contributed by atoms with Gasteiger partial charge in [0.25, 0.3) is 5.91 Å². The number of aromatic nitrogens is 1. The maximum absolute atomic E-state index is 12.8. The Hall–Kier alpha value is -1.83. The minimum Gasteiger partial charge on any atom is -0.459 e. The molecule has 5 nitrogen and oxygen atoms in total. The van der Waals surface area contributed by atoms with E-state index >= 15 is 0 Å². The molecule has 1 amide bonds. The highest BCUT2D eigenvalue weighted by atomic mass is 32.2. The first-order valence-corrected chi connectivity index (χ1v) is 9.58. The van der Waals surface area contributed by atoms with E-state index in [0.29, 0.717) is 17.4 Å². The molecule has 0 aliphatic heterocycles. The van der Waals surface area contributed by atoms with Crippen molar-refractivity contribution < 1.29 is 9.21 Å². The van der Waals surface area contributed by atoms with Crippen molar-refractivity contribution in [2.24, 2.45) is 0 Å². The van der Waals surface area contributed by atoms with Crippen LogP contribution in [0.5, 0.6) is 0 Å². The van der Waals surface area contributed by atoms with E-state index in [0.717, 1.165) is 21.7 Å². The first-order chi connectivity index (χ1) is 11.6. The molecule has 0 saturated heterocycles. The second-order valence-corrected chi connectivity index (χ2v) is 7.40. The van der Waals surface area contributed by atoms with Gasteiger partial charge in [-0.05, 0) is 44.6 Å². The predicted octanol–water partition coefficient (Wildman–Crippen LogP) is 3.82. The second kappa shape index (κ2) is 7.38. The Morgan fingerprint density at radius 3 is 2.75 bits per heavy atom. The van der Waals surface area contributed by atoms with Gasteiger partial charge in [0.15, 0.2) is 10.9 Å². The minimum absolute atomic E-state index is 0.161. The number of benzene rings is 1. The molecule has 2 aromatic heterocycles. The maximum Gasteiger partial charge on any atom is 0.295 e. The van der Waals surface area contributed by atoms with Gasteiger partial charge in [0.05, 0.1) is 16.5 Å². The van der Waals surface area contributed by atoms with Crippen LogP contribution in [0.15, 0.2) is 45.9 Å². The van der Waals surface area contributed by atoms with Crippen LogP contribution < -0.4 is 4.90 Å². The van der Waals surface area contributed by atoms with Gasteiger partial charge in [-0.1, -0.05) is 17.4 Å². The van der Waals surface area contributed by atoms with Crippen molar-refractivity contribution in [1.82, 2.24) is 9.88 Å². The Kier molecular flexibility index (Phi) is 5.23. The fourth-order valence-corrected chi connectivity index (χ4v) is 3.95. The van der Waals surface area contributed by atoms with Crippen LogP contribution in [0.25, 0.3) is 10.2 Å². The molecule has 0 fully saturated rings. The number of carbonyl (C=O) groups excluding carboxylic acids is 1. The van der Waals surface area contributed by atoms with E-state index in [1.807, 2.05) is 37.4 Å². The van der Waals surface area contributed by atoms with E-state index in [2.05, 4.69) is 6.07 Å². The number of rotatable bonds is 6. The third-order valence-electron chi connectivity index (χ3n) is 3.57. The molecule has 126 valence electrons. The van der Waals surface area contributed by atoms with Crippen LogP contribution in [-0.2, 0) is 0 Å². The van der Waals surface area contributed by atoms with E-state index in [9.17, 15) is 4.79 Å². The van der Waals surface area contributed by atoms with Crippen molar-refractivity contribution in [3.05, 3.63) is 42.4 Å². The summed E-state index contributed by atoms with van der Waals surface area (Å²) in [6.07, 6.45) is 3.55. The third-order valence-corrected chi connectivity index (χ3v) is 5.38. The van der Waals surface area contributed by atoms with Crippen LogP contribution in [0, 0.1) is 0 Å². The molecule has 0 saturated carbocycles. The average molecular weight is 361 g/mol. The van der Waals surface area contributed by atoms with Crippen LogP contribution in [0.2, 0.25) is 0 Å². The quantitative estimate of drug-likeness (QED) is 0.625. The topological polar surface area (TPSA) is 49.6 Å². The summed E-state index contributed by atoms with van der Waals surface area (Å²) < 4.78 is 6.37. The molecule has 3 aromatic rings. The number of nitrogens with zero attached hydrogens (tertiary/aromatic N) is 3. The molecule has 0 atom stereocenters. The lowest BCUT2D eigenvalue weighted by Crippen LogP contribution is -2.36. The largest absolute Gasteiger partial charge is 0.459 e. The van der Waals surface area contributed by atoms with Crippen molar-refractivity contribution in [1.29, 1.82) is 0 Å². The molecule has 0 radical (unpaired) electrons. The van der Waals surface area contributed by atoms with Gasteiger partial charge in [0.2, 0.25) is 0 Å². The van der Waals surface area contributed by atoms with Crippen molar-refractivity contribution >= 4 is 44.4 Å². The fourth-order valence-electron chi connectivity index (χ4n) is 2.31. The smallest absolute Gasteiger partial charge is 0.295 e. The van der Waals surface area contributed by atoms with Gasteiger partial charge < -0.3 is 9.32 Å². The highest BCUT2D eigenvalue weighted by Crippen LogP contribution is 2.34. The summed E-state index contributed by atoms with van der Waals surface area (Å²) >= 11 is 3.19. The molecule has 7 heteroatoms. The van der Waals surface area contributed by atoms with E-state index < -0.39 is 0 Å². The van der Waals surface area contributed by atoms with Gasteiger partial charge in [-0.25, -0.2) is 4.98 Å². The number of fused-ring (bicyclic) bond motifs is 1. The Morgan fingerprint density at radius 2 is 2.08 bits per heavy atom. The number of furan rings is 1. The summed E-state index contributed by atoms with van der Waals surface area (Å²) in [5.41, 5.74) is 0.951. The molecule has 24 heavy (non-hydrogen) atoms. The lowest BCUT2D eigenvalue weighted by atomic mass is 10.3. The lowest BCUT2D eigenvalue weighted by Gasteiger charge is -2.20. The van der Waals surface area contributed by atoms with Crippen molar-refractivity contribution in [2.45, 2.75) is 4.90 Å². The number of anilines is 1. The maximum atomic E-state index is 12.8. The molecule has 0 N–H and O–H groups in total.